The fraction of sp³-hybridized carbons (Fsp3) is 0.333. The third-order valence-corrected chi connectivity index (χ3v) is 5.67. The van der Waals surface area contributed by atoms with Gasteiger partial charge in [0.05, 0.1) is 0 Å². The van der Waals surface area contributed by atoms with Gasteiger partial charge in [0.2, 0.25) is 0 Å². The lowest BCUT2D eigenvalue weighted by atomic mass is 9.80. The maximum Gasteiger partial charge on any atom is 0.339 e. The molecule has 0 aliphatic rings. The molecule has 1 aromatic heterocycles. The molecule has 0 amide bonds. The Balaban J connectivity index is 1.76. The highest BCUT2D eigenvalue weighted by Crippen LogP contribution is 2.33. The molecule has 172 valence electrons. The van der Waals surface area contributed by atoms with Crippen LogP contribution in [0, 0.1) is 0 Å². The van der Waals surface area contributed by atoms with Crippen LogP contribution >= 0.6 is 0 Å². The average molecular weight is 442 g/mol. The lowest BCUT2D eigenvalue weighted by molar-refractivity contribution is -0.130. The van der Waals surface area contributed by atoms with Gasteiger partial charge >= 0.3 is 5.97 Å². The highest BCUT2D eigenvalue weighted by atomic mass is 16.5. The average Bonchev–Trinajstić information content (AvgIpc) is 2.74. The summed E-state index contributed by atoms with van der Waals surface area (Å²) < 4.78 is 5.81. The molecule has 33 heavy (non-hydrogen) atoms. The van der Waals surface area contributed by atoms with E-state index in [2.05, 4.69) is 70.8 Å². The highest BCUT2D eigenvalue weighted by molar-refractivity contribution is 5.94. The number of nitrogens with zero attached hydrogens (tertiary/aromatic N) is 1. The van der Waals surface area contributed by atoms with Gasteiger partial charge in [-0.25, -0.2) is 4.79 Å². The normalized spacial score (nSPS) is 12.5. The van der Waals surface area contributed by atoms with Gasteiger partial charge in [-0.3, -0.25) is 4.98 Å². The van der Waals surface area contributed by atoms with Crippen LogP contribution in [0.4, 0.5) is 0 Å². The summed E-state index contributed by atoms with van der Waals surface area (Å²) in [7, 11) is 0. The molecule has 0 unspecified atom stereocenters. The highest BCUT2D eigenvalue weighted by Gasteiger charge is 2.22. The van der Waals surface area contributed by atoms with Crippen molar-refractivity contribution in [2.24, 2.45) is 0 Å². The number of aromatic nitrogens is 1. The number of benzene rings is 2. The monoisotopic (exact) mass is 441 g/mol. The van der Waals surface area contributed by atoms with E-state index >= 15 is 0 Å². The summed E-state index contributed by atoms with van der Waals surface area (Å²) in [5, 5.41) is 0. The van der Waals surface area contributed by atoms with E-state index in [1.807, 2.05) is 42.6 Å². The molecule has 3 rings (SSSR count). The van der Waals surface area contributed by atoms with Gasteiger partial charge in [0.25, 0.3) is 0 Å². The summed E-state index contributed by atoms with van der Waals surface area (Å²) in [4.78, 5) is 17.0. The second kappa shape index (κ2) is 9.74. The second-order valence-corrected chi connectivity index (χ2v) is 10.7. The minimum Gasteiger partial charge on any atom is -0.423 e. The van der Waals surface area contributed by atoms with E-state index in [0.717, 1.165) is 23.1 Å². The first-order valence-corrected chi connectivity index (χ1v) is 11.5. The molecular weight excluding hydrogens is 406 g/mol. The quantitative estimate of drug-likeness (QED) is 0.237. The number of carbonyl (C=O) groups is 1. The molecule has 0 atom stereocenters. The van der Waals surface area contributed by atoms with Crippen LogP contribution in [0.1, 0.15) is 76.3 Å². The van der Waals surface area contributed by atoms with Gasteiger partial charge in [0.1, 0.15) is 5.75 Å². The summed E-state index contributed by atoms with van der Waals surface area (Å²) >= 11 is 0. The van der Waals surface area contributed by atoms with Crippen molar-refractivity contribution in [3.05, 3.63) is 100 Å². The third-order valence-electron chi connectivity index (χ3n) is 5.67. The second-order valence-electron chi connectivity index (χ2n) is 10.7. The molecule has 3 nitrogen and oxygen atoms in total. The van der Waals surface area contributed by atoms with E-state index < -0.39 is 0 Å². The van der Waals surface area contributed by atoms with Crippen molar-refractivity contribution < 1.29 is 9.53 Å². The molecule has 1 heterocycles. The molecule has 2 aromatic carbocycles. The van der Waals surface area contributed by atoms with Crippen LogP contribution in [0.5, 0.6) is 5.75 Å². The van der Waals surface area contributed by atoms with Crippen molar-refractivity contribution in [2.45, 2.75) is 65.7 Å². The van der Waals surface area contributed by atoms with Gasteiger partial charge in [0.15, 0.2) is 0 Å². The zero-order valence-corrected chi connectivity index (χ0v) is 20.9. The van der Waals surface area contributed by atoms with Gasteiger partial charge in [0, 0.05) is 18.0 Å². The molecule has 0 N–H and O–H groups in total. The van der Waals surface area contributed by atoms with E-state index in [1.165, 1.54) is 11.1 Å². The van der Waals surface area contributed by atoms with Gasteiger partial charge in [-0.1, -0.05) is 77.9 Å². The molecule has 0 spiro atoms. The Labute approximate surface area is 198 Å². The molecule has 3 aromatic rings. The van der Waals surface area contributed by atoms with E-state index in [-0.39, 0.29) is 16.8 Å². The number of hydrogen-bond donors (Lipinski definition) is 0. The fourth-order valence-electron chi connectivity index (χ4n) is 3.49. The fourth-order valence-corrected chi connectivity index (χ4v) is 3.49. The summed E-state index contributed by atoms with van der Waals surface area (Å²) in [5.41, 5.74) is 6.15. The molecule has 0 bridgehead atoms. The molecule has 3 heteroatoms. The van der Waals surface area contributed by atoms with Gasteiger partial charge in [-0.15, -0.1) is 0 Å². The van der Waals surface area contributed by atoms with E-state index in [9.17, 15) is 4.79 Å². The lowest BCUT2D eigenvalue weighted by Gasteiger charge is -2.26. The largest absolute Gasteiger partial charge is 0.423 e. The molecule has 0 aliphatic heterocycles. The summed E-state index contributed by atoms with van der Waals surface area (Å²) in [6.45, 7) is 14.8. The first-order valence-electron chi connectivity index (χ1n) is 11.5. The predicted molar refractivity (Wildman–Crippen MR) is 137 cm³/mol. The van der Waals surface area contributed by atoms with Crippen molar-refractivity contribution in [3.63, 3.8) is 0 Å². The van der Waals surface area contributed by atoms with Crippen LogP contribution in [-0.2, 0) is 22.0 Å². The zero-order chi connectivity index (χ0) is 24.2. The zero-order valence-electron chi connectivity index (χ0n) is 20.9. The lowest BCUT2D eigenvalue weighted by Crippen LogP contribution is -2.17. The molecule has 0 fully saturated rings. The molecule has 0 radical (unpaired) electrons. The Morgan fingerprint density at radius 2 is 1.48 bits per heavy atom. The maximum atomic E-state index is 12.8. The van der Waals surface area contributed by atoms with Crippen molar-refractivity contribution in [1.29, 1.82) is 0 Å². The first-order chi connectivity index (χ1) is 15.4. The number of ether oxygens (including phenoxy) is 1. The van der Waals surface area contributed by atoms with Crippen LogP contribution in [0.3, 0.4) is 0 Å². The van der Waals surface area contributed by atoms with Crippen LogP contribution in [0.2, 0.25) is 0 Å². The van der Waals surface area contributed by atoms with Gasteiger partial charge < -0.3 is 4.74 Å². The predicted octanol–water partition coefficient (Wildman–Crippen LogP) is 7.28. The number of hydrogen-bond acceptors (Lipinski definition) is 3. The first kappa shape index (κ1) is 24.4. The number of esters is 1. The van der Waals surface area contributed by atoms with Gasteiger partial charge in [-0.05, 0) is 76.3 Å². The Bertz CT molecular complexity index is 1100. The van der Waals surface area contributed by atoms with E-state index in [0.29, 0.717) is 11.3 Å². The van der Waals surface area contributed by atoms with Crippen LogP contribution in [-0.4, -0.2) is 11.0 Å². The topological polar surface area (TPSA) is 39.2 Å². The van der Waals surface area contributed by atoms with Crippen LogP contribution in [0.25, 0.3) is 6.08 Å². The summed E-state index contributed by atoms with van der Waals surface area (Å²) in [6, 6.07) is 18.4. The minimum atomic E-state index is -0.333. The third kappa shape index (κ3) is 6.89. The Hall–Kier alpha value is -3.20. The number of pyridine rings is 1. The molecule has 0 aliphatic carbocycles. The van der Waals surface area contributed by atoms with Crippen LogP contribution < -0.4 is 4.74 Å². The number of rotatable bonds is 5. The standard InChI is InChI=1S/C30H35NO2/c1-21(15-22-10-12-23(13-11-22)16-24-9-8-14-31-20-24)28(32)33-27-18-25(29(2,3)4)17-26(19-27)30(5,6)7/h8-15,17-20H,16H2,1-7H3. The molecule has 0 saturated heterocycles. The van der Waals surface area contributed by atoms with Gasteiger partial charge in [-0.2, -0.15) is 0 Å². The van der Waals surface area contributed by atoms with Crippen molar-refractivity contribution >= 4 is 12.0 Å². The Kier molecular flexibility index (Phi) is 7.22. The maximum absolute atomic E-state index is 12.8. The minimum absolute atomic E-state index is 0.0368. The summed E-state index contributed by atoms with van der Waals surface area (Å²) in [5.74, 6) is 0.261. The van der Waals surface area contributed by atoms with E-state index in [1.54, 1.807) is 13.1 Å². The summed E-state index contributed by atoms with van der Waals surface area (Å²) in [6.07, 6.45) is 6.36. The SMILES string of the molecule is CC(=Cc1ccc(Cc2cccnc2)cc1)C(=O)Oc1cc(C(C)(C)C)cc(C(C)(C)C)c1. The molecular formula is C30H35NO2. The van der Waals surface area contributed by atoms with Crippen LogP contribution in [0.15, 0.2) is 72.6 Å². The number of carbonyl (C=O) groups excluding carboxylic acids is 1. The smallest absolute Gasteiger partial charge is 0.339 e. The van der Waals surface area contributed by atoms with E-state index in [4.69, 9.17) is 4.74 Å². The van der Waals surface area contributed by atoms with Crippen molar-refractivity contribution in [1.82, 2.24) is 4.98 Å². The van der Waals surface area contributed by atoms with Crippen molar-refractivity contribution in [2.75, 3.05) is 0 Å². The Morgan fingerprint density at radius 3 is 2.00 bits per heavy atom. The van der Waals surface area contributed by atoms with Crippen molar-refractivity contribution in [3.8, 4) is 5.75 Å². The Morgan fingerprint density at radius 1 is 0.879 bits per heavy atom. The molecule has 0 saturated carbocycles.